The van der Waals surface area contributed by atoms with Gasteiger partial charge in [0.1, 0.15) is 0 Å². The van der Waals surface area contributed by atoms with Crippen molar-refractivity contribution in [2.75, 3.05) is 25.0 Å². The van der Waals surface area contributed by atoms with Gasteiger partial charge in [0.25, 0.3) is 0 Å². The molecule has 3 atom stereocenters. The molecule has 0 saturated carbocycles. The van der Waals surface area contributed by atoms with Crippen molar-refractivity contribution in [1.29, 1.82) is 0 Å². The largest absolute Gasteiger partial charge is 0.341 e. The van der Waals surface area contributed by atoms with Gasteiger partial charge in [-0.25, -0.2) is 0 Å². The lowest BCUT2D eigenvalue weighted by molar-refractivity contribution is -0.138. The summed E-state index contributed by atoms with van der Waals surface area (Å²) in [5.74, 6) is 0.0245. The molecule has 1 aromatic carbocycles. The lowest BCUT2D eigenvalue weighted by atomic mass is 9.85. The molecule has 1 N–H and O–H groups in total. The van der Waals surface area contributed by atoms with Gasteiger partial charge in [0.15, 0.2) is 0 Å². The number of aryl methyl sites for hydroxylation is 1. The van der Waals surface area contributed by atoms with Crippen LogP contribution in [0.1, 0.15) is 35.7 Å². The highest BCUT2D eigenvalue weighted by molar-refractivity contribution is 7.10. The van der Waals surface area contributed by atoms with Gasteiger partial charge in [-0.15, -0.1) is 23.7 Å². The number of likely N-dealkylation sites (N-methyl/N-ethyl adjacent to an activating group) is 1. The Morgan fingerprint density at radius 3 is 2.59 bits per heavy atom. The van der Waals surface area contributed by atoms with Gasteiger partial charge in [-0.1, -0.05) is 23.8 Å². The molecule has 0 radical (unpaired) electrons. The van der Waals surface area contributed by atoms with Crippen LogP contribution in [-0.4, -0.2) is 42.9 Å². The third kappa shape index (κ3) is 4.34. The van der Waals surface area contributed by atoms with E-state index in [-0.39, 0.29) is 42.2 Å². The molecular weight excluding hydrogens is 406 g/mol. The molecule has 0 spiro atoms. The van der Waals surface area contributed by atoms with Gasteiger partial charge < -0.3 is 15.1 Å². The Morgan fingerprint density at radius 1 is 1.21 bits per heavy atom. The van der Waals surface area contributed by atoms with Gasteiger partial charge in [-0.3, -0.25) is 9.59 Å². The van der Waals surface area contributed by atoms with E-state index in [1.807, 2.05) is 65.5 Å². The number of nitrogens with zero attached hydrogens (tertiary/aromatic N) is 2. The van der Waals surface area contributed by atoms with Crippen molar-refractivity contribution in [2.24, 2.45) is 5.92 Å². The molecule has 0 bridgehead atoms. The molecule has 2 saturated heterocycles. The summed E-state index contributed by atoms with van der Waals surface area (Å²) >= 11 is 1.62. The SMILES string of the molecule is Cc1ccc(N2C(=O)CCC(C(=O)N(C)C3CCNC3)C2c2cccs2)cc1.Cl. The van der Waals surface area contributed by atoms with E-state index in [9.17, 15) is 9.59 Å². The second-order valence-electron chi connectivity index (χ2n) is 7.80. The summed E-state index contributed by atoms with van der Waals surface area (Å²) in [5.41, 5.74) is 2.03. The number of hydrogen-bond donors (Lipinski definition) is 1. The van der Waals surface area contributed by atoms with E-state index in [0.29, 0.717) is 12.8 Å². The third-order valence-corrected chi connectivity index (χ3v) is 6.93. The molecule has 3 heterocycles. The molecule has 2 amide bonds. The average Bonchev–Trinajstić information content (AvgIpc) is 3.41. The molecule has 3 unspecified atom stereocenters. The molecule has 29 heavy (non-hydrogen) atoms. The number of carbonyl (C=O) groups is 2. The second kappa shape index (κ2) is 9.28. The van der Waals surface area contributed by atoms with Crippen LogP contribution in [0.5, 0.6) is 0 Å². The summed E-state index contributed by atoms with van der Waals surface area (Å²) in [5, 5.41) is 5.36. The smallest absolute Gasteiger partial charge is 0.228 e. The summed E-state index contributed by atoms with van der Waals surface area (Å²) in [6, 6.07) is 12.1. The standard InChI is InChI=1S/C22H27N3O2S.ClH/c1-15-5-7-16(8-6-15)25-20(26)10-9-18(21(25)19-4-3-13-28-19)22(27)24(2)17-11-12-23-14-17;/h3-8,13,17-18,21,23H,9-12,14H2,1-2H3;1H. The minimum atomic E-state index is -0.242. The topological polar surface area (TPSA) is 52.7 Å². The van der Waals surface area contributed by atoms with Crippen LogP contribution in [0.25, 0.3) is 0 Å². The first-order valence-electron chi connectivity index (χ1n) is 9.96. The monoisotopic (exact) mass is 433 g/mol. The molecule has 0 aliphatic carbocycles. The van der Waals surface area contributed by atoms with E-state index < -0.39 is 0 Å². The molecule has 2 aliphatic heterocycles. The molecule has 1 aromatic heterocycles. The van der Waals surface area contributed by atoms with Crippen LogP contribution >= 0.6 is 23.7 Å². The van der Waals surface area contributed by atoms with Gasteiger partial charge in [-0.2, -0.15) is 0 Å². The highest BCUT2D eigenvalue weighted by atomic mass is 35.5. The van der Waals surface area contributed by atoms with E-state index in [2.05, 4.69) is 5.32 Å². The summed E-state index contributed by atoms with van der Waals surface area (Å²) < 4.78 is 0. The van der Waals surface area contributed by atoms with Crippen LogP contribution in [0.2, 0.25) is 0 Å². The van der Waals surface area contributed by atoms with Crippen LogP contribution in [0.15, 0.2) is 41.8 Å². The fourth-order valence-corrected chi connectivity index (χ4v) is 5.24. The Labute approximate surface area is 182 Å². The van der Waals surface area contributed by atoms with Crippen LogP contribution in [-0.2, 0) is 9.59 Å². The number of rotatable bonds is 4. The lowest BCUT2D eigenvalue weighted by Crippen LogP contribution is -2.50. The maximum atomic E-state index is 13.5. The molecule has 2 aliphatic rings. The summed E-state index contributed by atoms with van der Waals surface area (Å²) in [4.78, 5) is 31.3. The molecule has 2 fully saturated rings. The van der Waals surface area contributed by atoms with Crippen LogP contribution < -0.4 is 10.2 Å². The number of piperidine rings is 1. The van der Waals surface area contributed by atoms with Crippen LogP contribution in [0.3, 0.4) is 0 Å². The van der Waals surface area contributed by atoms with Crippen molar-refractivity contribution in [1.82, 2.24) is 10.2 Å². The van der Waals surface area contributed by atoms with Gasteiger partial charge in [0, 0.05) is 36.6 Å². The number of halogens is 1. The molecule has 2 aromatic rings. The van der Waals surface area contributed by atoms with Crippen molar-refractivity contribution >= 4 is 41.2 Å². The molecule has 5 nitrogen and oxygen atoms in total. The van der Waals surface area contributed by atoms with Gasteiger partial charge >= 0.3 is 0 Å². The summed E-state index contributed by atoms with van der Waals surface area (Å²) in [6.07, 6.45) is 2.00. The number of hydrogen-bond acceptors (Lipinski definition) is 4. The predicted molar refractivity (Wildman–Crippen MR) is 120 cm³/mol. The quantitative estimate of drug-likeness (QED) is 0.798. The molecule has 156 valence electrons. The van der Waals surface area contributed by atoms with Gasteiger partial charge in [-0.05, 0) is 49.9 Å². The first kappa shape index (κ1) is 21.8. The number of thiophene rings is 1. The fraction of sp³-hybridized carbons (Fsp3) is 0.455. The Hall–Kier alpha value is -1.89. The molecule has 7 heteroatoms. The van der Waals surface area contributed by atoms with Crippen LogP contribution in [0, 0.1) is 12.8 Å². The predicted octanol–water partition coefficient (Wildman–Crippen LogP) is 3.78. The zero-order chi connectivity index (χ0) is 19.7. The van der Waals surface area contributed by atoms with Gasteiger partial charge in [0.05, 0.1) is 12.0 Å². The second-order valence-corrected chi connectivity index (χ2v) is 8.78. The van der Waals surface area contributed by atoms with Crippen molar-refractivity contribution < 1.29 is 9.59 Å². The number of benzene rings is 1. The minimum Gasteiger partial charge on any atom is -0.341 e. The highest BCUT2D eigenvalue weighted by Gasteiger charge is 2.43. The van der Waals surface area contributed by atoms with E-state index in [4.69, 9.17) is 0 Å². The number of amides is 2. The van der Waals surface area contributed by atoms with Crippen molar-refractivity contribution in [3.8, 4) is 0 Å². The normalized spacial score (nSPS) is 24.3. The number of anilines is 1. The minimum absolute atomic E-state index is 0. The molecule has 4 rings (SSSR count). The average molecular weight is 434 g/mol. The van der Waals surface area contributed by atoms with Crippen molar-refractivity contribution in [3.63, 3.8) is 0 Å². The highest BCUT2D eigenvalue weighted by Crippen LogP contribution is 2.42. The number of nitrogens with one attached hydrogen (secondary N) is 1. The van der Waals surface area contributed by atoms with Crippen LogP contribution in [0.4, 0.5) is 5.69 Å². The Bertz CT molecular complexity index is 834. The maximum absolute atomic E-state index is 13.5. The number of carbonyl (C=O) groups excluding carboxylic acids is 2. The molecular formula is C22H28ClN3O2S. The fourth-order valence-electron chi connectivity index (χ4n) is 4.36. The lowest BCUT2D eigenvalue weighted by Gasteiger charge is -2.42. The summed E-state index contributed by atoms with van der Waals surface area (Å²) in [7, 11) is 1.91. The van der Waals surface area contributed by atoms with E-state index >= 15 is 0 Å². The Morgan fingerprint density at radius 2 is 1.97 bits per heavy atom. The van der Waals surface area contributed by atoms with E-state index in [0.717, 1.165) is 35.6 Å². The summed E-state index contributed by atoms with van der Waals surface area (Å²) in [6.45, 7) is 3.84. The van der Waals surface area contributed by atoms with E-state index in [1.54, 1.807) is 11.3 Å². The van der Waals surface area contributed by atoms with Crippen molar-refractivity contribution in [2.45, 2.75) is 38.3 Å². The zero-order valence-electron chi connectivity index (χ0n) is 16.8. The third-order valence-electron chi connectivity index (χ3n) is 5.99. The zero-order valence-corrected chi connectivity index (χ0v) is 18.5. The van der Waals surface area contributed by atoms with Gasteiger partial charge in [0.2, 0.25) is 11.8 Å². The maximum Gasteiger partial charge on any atom is 0.228 e. The first-order chi connectivity index (χ1) is 13.6. The Balaban J connectivity index is 0.00000240. The van der Waals surface area contributed by atoms with Crippen molar-refractivity contribution in [3.05, 3.63) is 52.2 Å². The first-order valence-corrected chi connectivity index (χ1v) is 10.8. The Kier molecular flexibility index (Phi) is 6.98. The van der Waals surface area contributed by atoms with E-state index in [1.165, 1.54) is 0 Å².